The minimum atomic E-state index is -1.06. The largest absolute Gasteiger partial charge is 0.480 e. The van der Waals surface area contributed by atoms with Gasteiger partial charge in [0.15, 0.2) is 18.2 Å². The number of carboxylic acid groups (broad SMARTS) is 1. The van der Waals surface area contributed by atoms with E-state index in [1.165, 1.54) is 6.07 Å². The summed E-state index contributed by atoms with van der Waals surface area (Å²) in [6.45, 7) is 0.652. The molecule has 2 atom stereocenters. The zero-order valence-electron chi connectivity index (χ0n) is 16.2. The molecule has 0 radical (unpaired) electrons. The molecule has 158 valence electrons. The maximum absolute atomic E-state index is 14.6. The van der Waals surface area contributed by atoms with Crippen molar-refractivity contribution < 1.29 is 19.1 Å². The molecule has 1 aromatic heterocycles. The number of aromatic nitrogens is 4. The minimum absolute atomic E-state index is 0.00616. The molecule has 30 heavy (non-hydrogen) atoms. The van der Waals surface area contributed by atoms with E-state index >= 15 is 0 Å². The Bertz CT molecular complexity index is 990. The lowest BCUT2D eigenvalue weighted by molar-refractivity contribution is -0.138. The molecule has 2 heterocycles. The molecule has 1 saturated carbocycles. The van der Waals surface area contributed by atoms with Gasteiger partial charge in [0.1, 0.15) is 5.82 Å². The molecular weight excluding hydrogens is 409 g/mol. The fraction of sp³-hybridized carbons (Fsp3) is 0.450. The van der Waals surface area contributed by atoms with E-state index < -0.39 is 12.0 Å². The van der Waals surface area contributed by atoms with Gasteiger partial charge in [-0.2, -0.15) is 17.4 Å². The van der Waals surface area contributed by atoms with Gasteiger partial charge in [-0.05, 0) is 42.2 Å². The van der Waals surface area contributed by atoms with E-state index in [1.807, 2.05) is 4.90 Å². The van der Waals surface area contributed by atoms with E-state index in [9.17, 15) is 14.0 Å². The molecular formula is C20H22FN5O3S. The second-order valence-corrected chi connectivity index (χ2v) is 8.29. The van der Waals surface area contributed by atoms with Crippen molar-refractivity contribution in [2.24, 2.45) is 5.92 Å². The molecule has 1 aromatic carbocycles. The number of piperidine rings is 1. The van der Waals surface area contributed by atoms with Crippen molar-refractivity contribution in [3.8, 4) is 0 Å². The van der Waals surface area contributed by atoms with Crippen LogP contribution < -0.4 is 0 Å². The van der Waals surface area contributed by atoms with Crippen LogP contribution in [0.25, 0.3) is 6.08 Å². The number of carbonyl (C=O) groups excluding carboxylic acids is 1. The number of Topliss-reactive ketones (excluding diaryl/α,β-unsaturated/α-hetero) is 1. The Morgan fingerprint density at radius 2 is 2.07 bits per heavy atom. The lowest BCUT2D eigenvalue weighted by Crippen LogP contribution is -2.42. The smallest absolute Gasteiger partial charge is 0.327 e. The van der Waals surface area contributed by atoms with Gasteiger partial charge in [-0.25, -0.2) is 4.39 Å². The third-order valence-corrected chi connectivity index (χ3v) is 5.97. The van der Waals surface area contributed by atoms with Crippen LogP contribution >= 0.6 is 12.6 Å². The quantitative estimate of drug-likeness (QED) is 0.647. The van der Waals surface area contributed by atoms with Crippen LogP contribution in [0.4, 0.5) is 4.39 Å². The Balaban J connectivity index is 1.60. The molecule has 0 bridgehead atoms. The van der Waals surface area contributed by atoms with Gasteiger partial charge in [-0.1, -0.05) is 18.2 Å². The van der Waals surface area contributed by atoms with Gasteiger partial charge < -0.3 is 5.11 Å². The second kappa shape index (κ2) is 8.65. The first-order chi connectivity index (χ1) is 14.4. The first-order valence-electron chi connectivity index (χ1n) is 9.82. The second-order valence-electron chi connectivity index (χ2n) is 7.67. The van der Waals surface area contributed by atoms with Crippen molar-refractivity contribution in [1.82, 2.24) is 25.1 Å². The molecule has 1 N–H and O–H groups in total. The highest BCUT2D eigenvalue weighted by atomic mass is 32.1. The molecule has 1 aliphatic carbocycles. The summed E-state index contributed by atoms with van der Waals surface area (Å²) in [5.41, 5.74) is 1.28. The monoisotopic (exact) mass is 431 g/mol. The van der Waals surface area contributed by atoms with Gasteiger partial charge in [0.25, 0.3) is 0 Å². The first kappa shape index (κ1) is 20.7. The molecule has 0 spiro atoms. The van der Waals surface area contributed by atoms with E-state index in [1.54, 1.807) is 24.3 Å². The third-order valence-electron chi connectivity index (χ3n) is 5.38. The highest BCUT2D eigenvalue weighted by Crippen LogP contribution is 2.39. The number of rotatable bonds is 7. The molecule has 1 aliphatic heterocycles. The molecule has 10 heteroatoms. The summed E-state index contributed by atoms with van der Waals surface area (Å²) >= 11 is 4.64. The van der Waals surface area contributed by atoms with Crippen LogP contribution in [-0.2, 0) is 16.1 Å². The molecule has 1 saturated heterocycles. The number of halogens is 1. The molecule has 8 nitrogen and oxygen atoms in total. The molecule has 2 fully saturated rings. The van der Waals surface area contributed by atoms with Crippen molar-refractivity contribution in [1.29, 1.82) is 0 Å². The van der Waals surface area contributed by atoms with E-state index in [2.05, 4.69) is 28.0 Å². The number of thiol groups is 1. The standard InChI is InChI=1S/C20H22FN5O3S/c21-15-4-2-1-3-14(15)19(20(29)12-5-6-12)25-8-7-16(30)13(10-25)9-17-22-24-26(23-17)11-18(27)28/h1-4,9,12,16,19,30H,5-8,10-11H2,(H,27,28)/b13-9-. The maximum Gasteiger partial charge on any atom is 0.327 e. The number of benzene rings is 1. The number of carboxylic acids is 1. The van der Waals surface area contributed by atoms with Crippen LogP contribution in [0.3, 0.4) is 0 Å². The number of hydrogen-bond acceptors (Lipinski definition) is 7. The number of carbonyl (C=O) groups is 2. The Hall–Kier alpha value is -2.59. The highest BCUT2D eigenvalue weighted by molar-refractivity contribution is 7.81. The van der Waals surface area contributed by atoms with Gasteiger partial charge in [-0.15, -0.1) is 10.2 Å². The third kappa shape index (κ3) is 4.59. The first-order valence-corrected chi connectivity index (χ1v) is 10.3. The number of aliphatic carboxylic acids is 1. The van der Waals surface area contributed by atoms with Crippen molar-refractivity contribution in [2.45, 2.75) is 37.1 Å². The maximum atomic E-state index is 14.6. The number of hydrogen-bond donors (Lipinski definition) is 2. The average molecular weight is 431 g/mol. The van der Waals surface area contributed by atoms with E-state index in [0.29, 0.717) is 25.1 Å². The zero-order chi connectivity index (χ0) is 21.3. The zero-order valence-corrected chi connectivity index (χ0v) is 17.1. The number of likely N-dealkylation sites (tertiary alicyclic amines) is 1. The fourth-order valence-corrected chi connectivity index (χ4v) is 4.01. The number of ketones is 1. The van der Waals surface area contributed by atoms with Gasteiger partial charge in [0.2, 0.25) is 0 Å². The summed E-state index contributed by atoms with van der Waals surface area (Å²) in [6.07, 6.45) is 4.11. The number of tetrazole rings is 1. The van der Waals surface area contributed by atoms with Crippen LogP contribution in [0.5, 0.6) is 0 Å². The Morgan fingerprint density at radius 3 is 2.77 bits per heavy atom. The van der Waals surface area contributed by atoms with Gasteiger partial charge in [-0.3, -0.25) is 14.5 Å². The van der Waals surface area contributed by atoms with Crippen molar-refractivity contribution in [3.63, 3.8) is 0 Å². The summed E-state index contributed by atoms with van der Waals surface area (Å²) in [7, 11) is 0. The SMILES string of the molecule is O=C(O)Cn1nnc(/C=C2/CN(C(C(=O)C3CC3)c3ccccc3F)CCC2S)n1. The molecule has 2 aromatic rings. The number of nitrogens with zero attached hydrogens (tertiary/aromatic N) is 5. The van der Waals surface area contributed by atoms with Gasteiger partial charge in [0, 0.05) is 29.8 Å². The van der Waals surface area contributed by atoms with Crippen LogP contribution in [0, 0.1) is 11.7 Å². The van der Waals surface area contributed by atoms with Gasteiger partial charge in [0.05, 0.1) is 6.04 Å². The summed E-state index contributed by atoms with van der Waals surface area (Å²) in [5.74, 6) is -1.11. The van der Waals surface area contributed by atoms with E-state index in [0.717, 1.165) is 23.2 Å². The minimum Gasteiger partial charge on any atom is -0.480 e. The Labute approximate surface area is 178 Å². The lowest BCUT2D eigenvalue weighted by Gasteiger charge is -2.37. The molecule has 4 rings (SSSR count). The van der Waals surface area contributed by atoms with Crippen LogP contribution in [0.15, 0.2) is 29.8 Å². The Kier molecular flexibility index (Phi) is 5.96. The van der Waals surface area contributed by atoms with Crippen LogP contribution in [0.1, 0.15) is 36.7 Å². The fourth-order valence-electron chi connectivity index (χ4n) is 3.74. The van der Waals surface area contributed by atoms with E-state index in [-0.39, 0.29) is 35.1 Å². The van der Waals surface area contributed by atoms with Crippen molar-refractivity contribution in [2.75, 3.05) is 13.1 Å². The molecule has 0 amide bonds. The lowest BCUT2D eigenvalue weighted by atomic mass is 9.93. The topological polar surface area (TPSA) is 101 Å². The summed E-state index contributed by atoms with van der Waals surface area (Å²) < 4.78 is 14.6. The highest BCUT2D eigenvalue weighted by Gasteiger charge is 2.40. The van der Waals surface area contributed by atoms with Crippen LogP contribution in [-0.4, -0.2) is 60.3 Å². The van der Waals surface area contributed by atoms with Crippen molar-refractivity contribution >= 4 is 30.5 Å². The normalized spacial score (nSPS) is 22.2. The van der Waals surface area contributed by atoms with Crippen LogP contribution in [0.2, 0.25) is 0 Å². The van der Waals surface area contributed by atoms with E-state index in [4.69, 9.17) is 5.11 Å². The van der Waals surface area contributed by atoms with Gasteiger partial charge >= 0.3 is 5.97 Å². The summed E-state index contributed by atoms with van der Waals surface area (Å²) in [4.78, 5) is 26.9. The average Bonchev–Trinajstić information content (AvgIpc) is 3.47. The predicted molar refractivity (Wildman–Crippen MR) is 109 cm³/mol. The van der Waals surface area contributed by atoms with Crippen molar-refractivity contribution in [3.05, 3.63) is 47.0 Å². The summed E-state index contributed by atoms with van der Waals surface area (Å²) in [5, 5.41) is 20.4. The summed E-state index contributed by atoms with van der Waals surface area (Å²) in [6, 6.07) is 5.79. The molecule has 2 aliphatic rings. The Morgan fingerprint density at radius 1 is 1.30 bits per heavy atom. The predicted octanol–water partition coefficient (Wildman–Crippen LogP) is 2.00. The molecule has 2 unspecified atom stereocenters.